The molecule has 0 aromatic heterocycles. The summed E-state index contributed by atoms with van der Waals surface area (Å²) in [4.78, 5) is 11.4. The number of nitrogens with one attached hydrogen (secondary N) is 1. The molecule has 0 radical (unpaired) electrons. The summed E-state index contributed by atoms with van der Waals surface area (Å²) in [5.41, 5.74) is -0.390. The lowest BCUT2D eigenvalue weighted by molar-refractivity contribution is -0.153. The van der Waals surface area contributed by atoms with Crippen molar-refractivity contribution < 1.29 is 9.53 Å². The number of rotatable bonds is 6. The minimum absolute atomic E-state index is 0.177. The molecule has 3 heteroatoms. The van der Waals surface area contributed by atoms with E-state index < -0.39 is 5.60 Å². The van der Waals surface area contributed by atoms with Crippen LogP contribution < -0.4 is 5.32 Å². The number of hydrogen-bond donors (Lipinski definition) is 1. The van der Waals surface area contributed by atoms with Crippen LogP contribution in [0.1, 0.15) is 54.4 Å². The Bertz CT molecular complexity index is 208. The monoisotopic (exact) mass is 229 g/mol. The van der Waals surface area contributed by atoms with E-state index in [1.807, 2.05) is 20.8 Å². The van der Waals surface area contributed by atoms with Crippen molar-refractivity contribution in [1.82, 2.24) is 5.32 Å². The first-order valence-electron chi connectivity index (χ1n) is 6.19. The van der Waals surface area contributed by atoms with E-state index in [-0.39, 0.29) is 5.97 Å². The first kappa shape index (κ1) is 15.4. The normalized spacial score (nSPS) is 15.6. The fourth-order valence-corrected chi connectivity index (χ4v) is 1.49. The van der Waals surface area contributed by atoms with Gasteiger partial charge >= 0.3 is 5.97 Å². The molecular weight excluding hydrogens is 202 g/mol. The lowest BCUT2D eigenvalue weighted by atomic mass is 10.0. The molecular formula is C13H27NO2. The summed E-state index contributed by atoms with van der Waals surface area (Å²) in [7, 11) is 0. The molecule has 0 aromatic rings. The molecule has 0 saturated heterocycles. The molecule has 96 valence electrons. The van der Waals surface area contributed by atoms with E-state index in [4.69, 9.17) is 4.74 Å². The van der Waals surface area contributed by atoms with Crippen molar-refractivity contribution in [2.24, 2.45) is 5.92 Å². The van der Waals surface area contributed by atoms with Crippen LogP contribution >= 0.6 is 0 Å². The molecule has 0 aromatic carbocycles. The third kappa shape index (κ3) is 8.72. The summed E-state index contributed by atoms with van der Waals surface area (Å²) in [6, 6.07) is 0.363. The summed E-state index contributed by atoms with van der Waals surface area (Å²) in [5, 5.41) is 3.20. The Kier molecular flexibility index (Phi) is 6.65. The Hall–Kier alpha value is -0.570. The van der Waals surface area contributed by atoms with Crippen LogP contribution in [0.3, 0.4) is 0 Å². The van der Waals surface area contributed by atoms with Crippen molar-refractivity contribution in [3.8, 4) is 0 Å². The van der Waals surface area contributed by atoms with E-state index in [2.05, 4.69) is 26.1 Å². The smallest absolute Gasteiger partial charge is 0.320 e. The number of ether oxygens (including phenoxy) is 1. The first-order valence-corrected chi connectivity index (χ1v) is 6.19. The summed E-state index contributed by atoms with van der Waals surface area (Å²) in [5.74, 6) is 0.518. The number of carbonyl (C=O) groups excluding carboxylic acids is 1. The summed E-state index contributed by atoms with van der Waals surface area (Å²) >= 11 is 0. The maximum absolute atomic E-state index is 11.4. The maximum Gasteiger partial charge on any atom is 0.320 e. The number of esters is 1. The zero-order valence-electron chi connectivity index (χ0n) is 11.6. The molecule has 3 nitrogen and oxygen atoms in total. The van der Waals surface area contributed by atoms with Gasteiger partial charge in [0.2, 0.25) is 0 Å². The van der Waals surface area contributed by atoms with Gasteiger partial charge in [0.1, 0.15) is 5.60 Å². The number of hydrogen-bond acceptors (Lipinski definition) is 3. The SMILES string of the molecule is CCC(C)CC(C)NCC(=O)OC(C)(C)C. The van der Waals surface area contributed by atoms with Crippen molar-refractivity contribution in [2.75, 3.05) is 6.54 Å². The zero-order chi connectivity index (χ0) is 12.8. The zero-order valence-corrected chi connectivity index (χ0v) is 11.6. The van der Waals surface area contributed by atoms with Crippen molar-refractivity contribution in [3.63, 3.8) is 0 Å². The fraction of sp³-hybridized carbons (Fsp3) is 0.923. The lowest BCUT2D eigenvalue weighted by Crippen LogP contribution is -2.36. The van der Waals surface area contributed by atoms with Gasteiger partial charge in [-0.1, -0.05) is 20.3 Å². The van der Waals surface area contributed by atoms with Crippen molar-refractivity contribution in [1.29, 1.82) is 0 Å². The third-order valence-electron chi connectivity index (χ3n) is 2.47. The largest absolute Gasteiger partial charge is 0.459 e. The Balaban J connectivity index is 3.75. The van der Waals surface area contributed by atoms with Gasteiger partial charge in [0.15, 0.2) is 0 Å². The predicted molar refractivity (Wildman–Crippen MR) is 67.4 cm³/mol. The van der Waals surface area contributed by atoms with Crippen LogP contribution in [0, 0.1) is 5.92 Å². The predicted octanol–water partition coefficient (Wildman–Crippen LogP) is 2.74. The molecule has 0 bridgehead atoms. The molecule has 0 amide bonds. The molecule has 16 heavy (non-hydrogen) atoms. The second kappa shape index (κ2) is 6.89. The summed E-state index contributed by atoms with van der Waals surface area (Å²) < 4.78 is 5.22. The molecule has 0 heterocycles. The highest BCUT2D eigenvalue weighted by molar-refractivity contribution is 5.72. The van der Waals surface area contributed by atoms with Crippen LogP contribution in [0.4, 0.5) is 0 Å². The van der Waals surface area contributed by atoms with Crippen molar-refractivity contribution >= 4 is 5.97 Å². The quantitative estimate of drug-likeness (QED) is 0.712. The third-order valence-corrected chi connectivity index (χ3v) is 2.47. The van der Waals surface area contributed by atoms with Crippen molar-refractivity contribution in [2.45, 2.75) is 66.0 Å². The molecule has 0 aliphatic carbocycles. The maximum atomic E-state index is 11.4. The van der Waals surface area contributed by atoms with Gasteiger partial charge in [-0.3, -0.25) is 4.79 Å². The van der Waals surface area contributed by atoms with Crippen LogP contribution in [0.15, 0.2) is 0 Å². The second-order valence-electron chi connectivity index (χ2n) is 5.62. The van der Waals surface area contributed by atoms with Gasteiger partial charge in [-0.05, 0) is 40.0 Å². The van der Waals surface area contributed by atoms with Gasteiger partial charge < -0.3 is 10.1 Å². The van der Waals surface area contributed by atoms with Gasteiger partial charge in [-0.2, -0.15) is 0 Å². The van der Waals surface area contributed by atoms with Gasteiger partial charge in [-0.15, -0.1) is 0 Å². The van der Waals surface area contributed by atoms with E-state index in [9.17, 15) is 4.79 Å². The van der Waals surface area contributed by atoms with E-state index in [1.165, 1.54) is 6.42 Å². The Morgan fingerprint density at radius 1 is 1.31 bits per heavy atom. The second-order valence-corrected chi connectivity index (χ2v) is 5.62. The minimum atomic E-state index is -0.390. The van der Waals surface area contributed by atoms with Crippen molar-refractivity contribution in [3.05, 3.63) is 0 Å². The molecule has 2 atom stereocenters. The van der Waals surface area contributed by atoms with Crippen LogP contribution in [0.5, 0.6) is 0 Å². The molecule has 2 unspecified atom stereocenters. The highest BCUT2D eigenvalue weighted by Gasteiger charge is 2.16. The average molecular weight is 229 g/mol. The van der Waals surface area contributed by atoms with Gasteiger partial charge in [0.25, 0.3) is 0 Å². The Morgan fingerprint density at radius 3 is 2.31 bits per heavy atom. The van der Waals surface area contributed by atoms with Crippen LogP contribution in [0.2, 0.25) is 0 Å². The Morgan fingerprint density at radius 2 is 1.88 bits per heavy atom. The molecule has 0 rings (SSSR count). The van der Waals surface area contributed by atoms with Crippen LogP contribution in [-0.4, -0.2) is 24.2 Å². The standard InChI is InChI=1S/C13H27NO2/c1-7-10(2)8-11(3)14-9-12(15)16-13(4,5)6/h10-11,14H,7-9H2,1-6H3. The van der Waals surface area contributed by atoms with Crippen LogP contribution in [0.25, 0.3) is 0 Å². The topological polar surface area (TPSA) is 38.3 Å². The van der Waals surface area contributed by atoms with E-state index in [0.29, 0.717) is 18.5 Å². The summed E-state index contributed by atoms with van der Waals surface area (Å²) in [6.07, 6.45) is 2.28. The van der Waals surface area contributed by atoms with Crippen LogP contribution in [-0.2, 0) is 9.53 Å². The van der Waals surface area contributed by atoms with E-state index in [1.54, 1.807) is 0 Å². The molecule has 0 spiro atoms. The highest BCUT2D eigenvalue weighted by atomic mass is 16.6. The number of carbonyl (C=O) groups is 1. The highest BCUT2D eigenvalue weighted by Crippen LogP contribution is 2.10. The lowest BCUT2D eigenvalue weighted by Gasteiger charge is -2.21. The first-order chi connectivity index (χ1) is 7.24. The molecule has 0 aliphatic heterocycles. The van der Waals surface area contributed by atoms with Gasteiger partial charge in [0.05, 0.1) is 6.54 Å². The van der Waals surface area contributed by atoms with E-state index >= 15 is 0 Å². The summed E-state index contributed by atoms with van der Waals surface area (Å²) in [6.45, 7) is 12.5. The fourth-order valence-electron chi connectivity index (χ4n) is 1.49. The molecule has 0 aliphatic rings. The van der Waals surface area contributed by atoms with Gasteiger partial charge in [-0.25, -0.2) is 0 Å². The Labute approximate surface area is 99.9 Å². The molecule has 0 fully saturated rings. The van der Waals surface area contributed by atoms with E-state index in [0.717, 1.165) is 6.42 Å². The molecule has 1 N–H and O–H groups in total. The van der Waals surface area contributed by atoms with Gasteiger partial charge in [0, 0.05) is 6.04 Å². The minimum Gasteiger partial charge on any atom is -0.459 e. The average Bonchev–Trinajstić information content (AvgIpc) is 2.12. The molecule has 0 saturated carbocycles.